The Labute approximate surface area is 103 Å². The van der Waals surface area contributed by atoms with Gasteiger partial charge in [-0.1, -0.05) is 13.8 Å². The number of hydrogen-bond acceptors (Lipinski definition) is 4. The van der Waals surface area contributed by atoms with Crippen LogP contribution in [0.3, 0.4) is 0 Å². The van der Waals surface area contributed by atoms with E-state index in [4.69, 9.17) is 9.84 Å². The lowest BCUT2D eigenvalue weighted by atomic mass is 10.1. The Kier molecular flexibility index (Phi) is 7.67. The van der Waals surface area contributed by atoms with Gasteiger partial charge in [-0.15, -0.1) is 0 Å². The van der Waals surface area contributed by atoms with E-state index in [2.05, 4.69) is 5.32 Å². The Hall–Kier alpha value is -0.370. The second-order valence-electron chi connectivity index (χ2n) is 3.24. The minimum Gasteiger partial charge on any atom is -0.463 e. The van der Waals surface area contributed by atoms with Crippen LogP contribution >= 0.6 is 22.6 Å². The molecule has 0 heterocycles. The average Bonchev–Trinajstić information content (AvgIpc) is 2.21. The smallest absolute Gasteiger partial charge is 0.308 e. The number of aliphatic hydroxyl groups is 1. The lowest BCUT2D eigenvalue weighted by Gasteiger charge is -2.16. The molecular formula is C9H16INO4. The Balaban J connectivity index is 3.89. The predicted octanol–water partition coefficient (Wildman–Crippen LogP) is 1.08. The van der Waals surface area contributed by atoms with Gasteiger partial charge in [0.15, 0.2) is 0 Å². The first-order valence-corrected chi connectivity index (χ1v) is 5.82. The highest BCUT2D eigenvalue weighted by Gasteiger charge is 2.15. The summed E-state index contributed by atoms with van der Waals surface area (Å²) in [5, 5.41) is 11.3. The van der Waals surface area contributed by atoms with Gasteiger partial charge in [0.05, 0.1) is 18.6 Å². The van der Waals surface area contributed by atoms with Crippen molar-refractivity contribution >= 4 is 32.5 Å². The topological polar surface area (TPSA) is 75.6 Å². The Morgan fingerprint density at radius 3 is 2.53 bits per heavy atom. The maximum atomic E-state index is 11.3. The average molecular weight is 329 g/mol. The molecule has 0 aliphatic heterocycles. The van der Waals surface area contributed by atoms with Crippen molar-refractivity contribution in [3.05, 3.63) is 0 Å². The summed E-state index contributed by atoms with van der Waals surface area (Å²) in [7, 11) is 0. The summed E-state index contributed by atoms with van der Waals surface area (Å²) in [5.74, 6) is -0.460. The standard InChI is InChI=1S/C9H16INO4/c1-3-6(2)8(13)15-5-7(4-12)11-9(10)14/h6-7,12H,3-5H2,1-2H3,(H,11,14). The molecule has 0 saturated carbocycles. The predicted molar refractivity (Wildman–Crippen MR) is 63.8 cm³/mol. The van der Waals surface area contributed by atoms with E-state index in [0.717, 1.165) is 0 Å². The maximum absolute atomic E-state index is 11.3. The van der Waals surface area contributed by atoms with E-state index in [0.29, 0.717) is 6.42 Å². The van der Waals surface area contributed by atoms with Crippen molar-refractivity contribution in [2.45, 2.75) is 26.3 Å². The highest BCUT2D eigenvalue weighted by atomic mass is 127. The Morgan fingerprint density at radius 2 is 2.13 bits per heavy atom. The number of carbonyl (C=O) groups excluding carboxylic acids is 2. The van der Waals surface area contributed by atoms with Crippen LogP contribution in [-0.4, -0.2) is 34.2 Å². The first kappa shape index (κ1) is 14.6. The van der Waals surface area contributed by atoms with Gasteiger partial charge in [0, 0.05) is 22.6 Å². The maximum Gasteiger partial charge on any atom is 0.308 e. The minimum atomic E-state index is -0.526. The van der Waals surface area contributed by atoms with Gasteiger partial charge in [-0.2, -0.15) is 0 Å². The van der Waals surface area contributed by atoms with Gasteiger partial charge in [-0.25, -0.2) is 0 Å². The van der Waals surface area contributed by atoms with Crippen molar-refractivity contribution in [3.8, 4) is 0 Å². The summed E-state index contributed by atoms with van der Waals surface area (Å²) in [6.07, 6.45) is 0.710. The normalized spacial score (nSPS) is 14.1. The third-order valence-corrected chi connectivity index (χ3v) is 2.29. The number of ether oxygens (including phenoxy) is 1. The first-order valence-electron chi connectivity index (χ1n) is 4.74. The number of halogens is 1. The largest absolute Gasteiger partial charge is 0.463 e. The molecule has 0 fully saturated rings. The summed E-state index contributed by atoms with van der Waals surface area (Å²) in [5.41, 5.74) is 0. The molecule has 2 N–H and O–H groups in total. The van der Waals surface area contributed by atoms with Crippen LogP contribution in [0.2, 0.25) is 0 Å². The molecule has 0 bridgehead atoms. The highest BCUT2D eigenvalue weighted by molar-refractivity contribution is 14.1. The number of amides is 1. The molecule has 0 aliphatic carbocycles. The van der Waals surface area contributed by atoms with E-state index in [1.54, 1.807) is 29.5 Å². The fourth-order valence-corrected chi connectivity index (χ4v) is 1.23. The van der Waals surface area contributed by atoms with E-state index in [1.807, 2.05) is 6.92 Å². The van der Waals surface area contributed by atoms with Crippen molar-refractivity contribution in [2.75, 3.05) is 13.2 Å². The molecule has 0 aromatic rings. The van der Waals surface area contributed by atoms with Crippen LogP contribution in [0.1, 0.15) is 20.3 Å². The van der Waals surface area contributed by atoms with Crippen molar-refractivity contribution in [2.24, 2.45) is 5.92 Å². The van der Waals surface area contributed by atoms with Gasteiger partial charge >= 0.3 is 5.97 Å². The molecule has 0 aromatic carbocycles. The van der Waals surface area contributed by atoms with Gasteiger partial charge in [0.25, 0.3) is 3.91 Å². The van der Waals surface area contributed by atoms with Gasteiger partial charge in [0.1, 0.15) is 6.61 Å². The number of rotatable bonds is 6. The molecule has 15 heavy (non-hydrogen) atoms. The third kappa shape index (κ3) is 6.67. The van der Waals surface area contributed by atoms with Crippen LogP contribution in [0.25, 0.3) is 0 Å². The molecule has 1 amide bonds. The molecule has 6 heteroatoms. The summed E-state index contributed by atoms with van der Waals surface area (Å²) >= 11 is 1.56. The molecule has 0 saturated heterocycles. The number of hydrogen-bond donors (Lipinski definition) is 2. The zero-order chi connectivity index (χ0) is 11.8. The summed E-state index contributed by atoms with van der Waals surface area (Å²) in [6.45, 7) is 3.42. The van der Waals surface area contributed by atoms with Crippen molar-refractivity contribution in [1.29, 1.82) is 0 Å². The van der Waals surface area contributed by atoms with E-state index in [9.17, 15) is 9.59 Å². The lowest BCUT2D eigenvalue weighted by molar-refractivity contribution is -0.148. The van der Waals surface area contributed by atoms with Crippen LogP contribution in [-0.2, 0) is 9.53 Å². The molecule has 0 aliphatic rings. The highest BCUT2D eigenvalue weighted by Crippen LogP contribution is 2.03. The Morgan fingerprint density at radius 1 is 1.53 bits per heavy atom. The van der Waals surface area contributed by atoms with Gasteiger partial charge in [-0.3, -0.25) is 9.59 Å². The quantitative estimate of drug-likeness (QED) is 0.331. The third-order valence-electron chi connectivity index (χ3n) is 1.98. The van der Waals surface area contributed by atoms with Crippen LogP contribution < -0.4 is 5.32 Å². The summed E-state index contributed by atoms with van der Waals surface area (Å²) in [4.78, 5) is 21.9. The number of aliphatic hydroxyl groups excluding tert-OH is 1. The lowest BCUT2D eigenvalue weighted by Crippen LogP contribution is -2.39. The summed E-state index contributed by atoms with van der Waals surface area (Å²) < 4.78 is 4.65. The van der Waals surface area contributed by atoms with E-state index in [1.165, 1.54) is 0 Å². The second kappa shape index (κ2) is 7.86. The van der Waals surface area contributed by atoms with Gasteiger partial charge < -0.3 is 15.2 Å². The van der Waals surface area contributed by atoms with E-state index in [-0.39, 0.29) is 29.0 Å². The van der Waals surface area contributed by atoms with Crippen LogP contribution in [0.5, 0.6) is 0 Å². The first-order chi connectivity index (χ1) is 7.01. The summed E-state index contributed by atoms with van der Waals surface area (Å²) in [6, 6.07) is -0.526. The fraction of sp³-hybridized carbons (Fsp3) is 0.778. The zero-order valence-corrected chi connectivity index (χ0v) is 11.0. The molecule has 0 aromatic heterocycles. The van der Waals surface area contributed by atoms with Gasteiger partial charge in [-0.05, 0) is 6.42 Å². The van der Waals surface area contributed by atoms with E-state index < -0.39 is 6.04 Å². The number of nitrogens with one attached hydrogen (secondary N) is 1. The second-order valence-corrected chi connectivity index (χ2v) is 4.22. The van der Waals surface area contributed by atoms with Crippen LogP contribution in [0.4, 0.5) is 4.79 Å². The van der Waals surface area contributed by atoms with Crippen molar-refractivity contribution < 1.29 is 19.4 Å². The molecule has 0 rings (SSSR count). The van der Waals surface area contributed by atoms with Crippen molar-refractivity contribution in [1.82, 2.24) is 5.32 Å². The number of esters is 1. The molecule has 0 spiro atoms. The molecule has 88 valence electrons. The molecule has 5 nitrogen and oxygen atoms in total. The van der Waals surface area contributed by atoms with Crippen LogP contribution in [0.15, 0.2) is 0 Å². The zero-order valence-electron chi connectivity index (χ0n) is 8.83. The molecule has 2 atom stereocenters. The fourth-order valence-electron chi connectivity index (χ4n) is 0.792. The van der Waals surface area contributed by atoms with Crippen LogP contribution in [0, 0.1) is 5.92 Å². The SMILES string of the molecule is CCC(C)C(=O)OCC(CO)NC(=O)I. The van der Waals surface area contributed by atoms with Gasteiger partial charge in [0.2, 0.25) is 0 Å². The van der Waals surface area contributed by atoms with E-state index >= 15 is 0 Å². The monoisotopic (exact) mass is 329 g/mol. The molecule has 2 unspecified atom stereocenters. The van der Waals surface area contributed by atoms with Crippen molar-refractivity contribution in [3.63, 3.8) is 0 Å². The number of carbonyl (C=O) groups is 2. The molecule has 0 radical (unpaired) electrons. The minimum absolute atomic E-state index is 0.00835. The molecular weight excluding hydrogens is 313 g/mol. The Bertz CT molecular complexity index is 222.